The number of phenolic OH excluding ortho intramolecular Hbond substituents is 1. The number of carboxylic acids is 1. The molecular formula is C27H27KO12. The average molecular weight is 583 g/mol. The fourth-order valence-electron chi connectivity index (χ4n) is 3.62. The van der Waals surface area contributed by atoms with Crippen LogP contribution in [0.1, 0.15) is 17.5 Å². The average Bonchev–Trinajstić information content (AvgIpc) is 2.91. The molecule has 0 spiro atoms. The molecule has 0 aromatic heterocycles. The van der Waals surface area contributed by atoms with Gasteiger partial charge in [0.2, 0.25) is 6.29 Å². The molecule has 1 saturated heterocycles. The van der Waals surface area contributed by atoms with Crippen LogP contribution in [-0.2, 0) is 19.1 Å². The van der Waals surface area contributed by atoms with Crippen LogP contribution in [0.2, 0.25) is 0 Å². The van der Waals surface area contributed by atoms with Gasteiger partial charge in [0, 0.05) is 0 Å². The van der Waals surface area contributed by atoms with Crippen molar-refractivity contribution in [2.45, 2.75) is 37.1 Å². The van der Waals surface area contributed by atoms with Crippen molar-refractivity contribution in [2.24, 2.45) is 0 Å². The Morgan fingerprint density at radius 1 is 0.850 bits per heavy atom. The molecule has 1 aliphatic rings. The Hall–Kier alpha value is -2.59. The second-order valence-electron chi connectivity index (χ2n) is 8.45. The Morgan fingerprint density at radius 3 is 1.95 bits per heavy atom. The zero-order valence-corrected chi connectivity index (χ0v) is 25.0. The first kappa shape index (κ1) is 33.6. The number of carbonyl (C=O) groups excluding carboxylic acids is 3. The molecule has 5 atom stereocenters. The normalized spacial score (nSPS) is 22.5. The maximum atomic E-state index is 12.3. The van der Waals surface area contributed by atoms with E-state index >= 15 is 0 Å². The van der Waals surface area contributed by atoms with Gasteiger partial charge in [-0.15, -0.1) is 0 Å². The first-order valence-corrected chi connectivity index (χ1v) is 11.6. The molecule has 2 aromatic carbocycles. The van der Waals surface area contributed by atoms with Gasteiger partial charge < -0.3 is 49.3 Å². The van der Waals surface area contributed by atoms with E-state index < -0.39 is 48.2 Å². The fraction of sp³-hybridized carbons (Fsp3) is 0.296. The molecule has 1 aliphatic heterocycles. The number of aliphatic hydroxyl groups is 3. The predicted octanol–water partition coefficient (Wildman–Crippen LogP) is -3.40. The SMILES string of the molecule is COc1cc(/C=C/C(=O)CC(=O)/C=C/c2ccc(O[C@@H]3O[C@H](C(=O)[O-])[C@@H](O)[C@H](O)[C@H]3O)c(OC)c2)ccc1O.[K+]. The third-order valence-electron chi connectivity index (χ3n) is 5.71. The molecule has 13 heteroatoms. The smallest absolute Gasteiger partial charge is 0.547 e. The topological polar surface area (TPSA) is 192 Å². The zero-order chi connectivity index (χ0) is 28.7. The van der Waals surface area contributed by atoms with Crippen LogP contribution < -0.4 is 70.7 Å². The number of methoxy groups -OCH3 is 2. The standard InChI is InChI=1S/C27H28O12.K/c1-36-20-11-14(5-9-18(20)30)3-7-16(28)13-17(29)8-4-15-6-10-19(21(12-15)37-2)38-27-24(33)22(31)23(32)25(39-27)26(34)35;/h3-12,22-25,27,30-33H,13H2,1-2H3,(H,34,35);/q;+1/p-1/b7-3+,8-4+;/t22-,23-,24+,25-,27+;/m0./s1. The largest absolute Gasteiger partial charge is 1.00 e. The van der Waals surface area contributed by atoms with Crippen molar-refractivity contribution in [3.8, 4) is 23.0 Å². The molecule has 3 rings (SSSR count). The third kappa shape index (κ3) is 8.70. The number of aliphatic hydroxyl groups excluding tert-OH is 3. The summed E-state index contributed by atoms with van der Waals surface area (Å²) in [5, 5.41) is 50.6. The monoisotopic (exact) mass is 582 g/mol. The summed E-state index contributed by atoms with van der Waals surface area (Å²) in [6.45, 7) is 0. The van der Waals surface area contributed by atoms with Crippen molar-refractivity contribution < 1.29 is 110 Å². The van der Waals surface area contributed by atoms with Crippen LogP contribution in [0.25, 0.3) is 12.2 Å². The van der Waals surface area contributed by atoms with Gasteiger partial charge in [0.25, 0.3) is 0 Å². The number of ether oxygens (including phenoxy) is 4. The van der Waals surface area contributed by atoms with E-state index in [9.17, 15) is 39.9 Å². The summed E-state index contributed by atoms with van der Waals surface area (Å²) in [7, 11) is 2.71. The van der Waals surface area contributed by atoms with Crippen molar-refractivity contribution >= 4 is 29.7 Å². The number of carbonyl (C=O) groups is 3. The fourth-order valence-corrected chi connectivity index (χ4v) is 3.62. The molecule has 4 N–H and O–H groups in total. The second-order valence-corrected chi connectivity index (χ2v) is 8.45. The maximum Gasteiger partial charge on any atom is 1.00 e. The van der Waals surface area contributed by atoms with Gasteiger partial charge in [-0.25, -0.2) is 0 Å². The number of hydrogen-bond donors (Lipinski definition) is 4. The van der Waals surface area contributed by atoms with E-state index in [4.69, 9.17) is 18.9 Å². The van der Waals surface area contributed by atoms with Gasteiger partial charge in [-0.05, 0) is 47.5 Å². The summed E-state index contributed by atoms with van der Waals surface area (Å²) in [4.78, 5) is 35.6. The molecule has 0 radical (unpaired) electrons. The van der Waals surface area contributed by atoms with E-state index in [-0.39, 0.29) is 80.8 Å². The number of hydrogen-bond acceptors (Lipinski definition) is 12. The van der Waals surface area contributed by atoms with E-state index in [0.29, 0.717) is 11.1 Å². The van der Waals surface area contributed by atoms with Crippen molar-refractivity contribution in [1.29, 1.82) is 0 Å². The van der Waals surface area contributed by atoms with Crippen LogP contribution in [0.4, 0.5) is 0 Å². The van der Waals surface area contributed by atoms with Crippen LogP contribution in [-0.4, -0.2) is 82.9 Å². The summed E-state index contributed by atoms with van der Waals surface area (Å²) >= 11 is 0. The first-order valence-electron chi connectivity index (χ1n) is 11.6. The number of allylic oxidation sites excluding steroid dienone is 2. The quantitative estimate of drug-likeness (QED) is 0.117. The molecule has 2 aromatic rings. The zero-order valence-electron chi connectivity index (χ0n) is 21.9. The Bertz CT molecular complexity index is 1270. The van der Waals surface area contributed by atoms with E-state index in [0.717, 1.165) is 0 Å². The van der Waals surface area contributed by atoms with Crippen LogP contribution in [0.5, 0.6) is 23.0 Å². The minimum atomic E-state index is -1.94. The van der Waals surface area contributed by atoms with E-state index in [2.05, 4.69) is 0 Å². The second kappa shape index (κ2) is 15.4. The number of carboxylic acid groups (broad SMARTS) is 1. The molecule has 0 amide bonds. The summed E-state index contributed by atoms with van der Waals surface area (Å²) in [5.41, 5.74) is 1.09. The minimum Gasteiger partial charge on any atom is -0.547 e. The van der Waals surface area contributed by atoms with Crippen molar-refractivity contribution in [3.05, 3.63) is 59.7 Å². The van der Waals surface area contributed by atoms with E-state index in [1.165, 1.54) is 68.9 Å². The molecule has 0 bridgehead atoms. The Balaban J connectivity index is 0.00000560. The molecule has 208 valence electrons. The van der Waals surface area contributed by atoms with Gasteiger partial charge in [-0.3, -0.25) is 9.59 Å². The van der Waals surface area contributed by atoms with Gasteiger partial charge in [-0.2, -0.15) is 0 Å². The molecule has 40 heavy (non-hydrogen) atoms. The summed E-state index contributed by atoms with van der Waals surface area (Å²) in [6.07, 6.45) is -4.16. The maximum absolute atomic E-state index is 12.3. The number of aliphatic carboxylic acids is 1. The van der Waals surface area contributed by atoms with Crippen molar-refractivity contribution in [3.63, 3.8) is 0 Å². The van der Waals surface area contributed by atoms with Crippen molar-refractivity contribution in [1.82, 2.24) is 0 Å². The van der Waals surface area contributed by atoms with Gasteiger partial charge in [0.1, 0.15) is 24.4 Å². The van der Waals surface area contributed by atoms with Gasteiger partial charge >= 0.3 is 51.4 Å². The van der Waals surface area contributed by atoms with Gasteiger partial charge in [0.05, 0.1) is 26.6 Å². The molecule has 1 heterocycles. The van der Waals surface area contributed by atoms with Gasteiger partial charge in [0.15, 0.2) is 34.6 Å². The minimum absolute atomic E-state index is 0. The van der Waals surface area contributed by atoms with E-state index in [1.807, 2.05) is 0 Å². The van der Waals surface area contributed by atoms with Crippen molar-refractivity contribution in [2.75, 3.05) is 14.2 Å². The predicted molar refractivity (Wildman–Crippen MR) is 133 cm³/mol. The van der Waals surface area contributed by atoms with Crippen LogP contribution in [0.3, 0.4) is 0 Å². The molecule has 12 nitrogen and oxygen atoms in total. The van der Waals surface area contributed by atoms with Crippen LogP contribution >= 0.6 is 0 Å². The molecule has 0 unspecified atom stereocenters. The van der Waals surface area contributed by atoms with Gasteiger partial charge in [-0.1, -0.05) is 24.3 Å². The summed E-state index contributed by atoms with van der Waals surface area (Å²) < 4.78 is 20.8. The summed E-state index contributed by atoms with van der Waals surface area (Å²) in [5.74, 6) is -2.37. The first-order chi connectivity index (χ1) is 18.5. The summed E-state index contributed by atoms with van der Waals surface area (Å²) in [6, 6.07) is 8.91. The number of benzene rings is 2. The molecule has 0 saturated carbocycles. The van der Waals surface area contributed by atoms with Crippen LogP contribution in [0, 0.1) is 0 Å². The molecule has 0 aliphatic carbocycles. The number of ketones is 2. The van der Waals surface area contributed by atoms with Crippen LogP contribution in [0.15, 0.2) is 48.6 Å². The number of aromatic hydroxyl groups is 1. The number of rotatable bonds is 11. The Labute approximate surface area is 271 Å². The van der Waals surface area contributed by atoms with E-state index in [1.54, 1.807) is 6.07 Å². The Morgan fingerprint density at radius 2 is 1.40 bits per heavy atom. The Kier molecular flexibility index (Phi) is 13.0. The third-order valence-corrected chi connectivity index (χ3v) is 5.71. The molecule has 1 fully saturated rings. The molecular weight excluding hydrogens is 555 g/mol. The number of phenols is 1.